The Morgan fingerprint density at radius 1 is 1.00 bits per heavy atom. The van der Waals surface area contributed by atoms with Gasteiger partial charge in [0, 0.05) is 23.2 Å². The maximum absolute atomic E-state index is 8.85. The number of hydrogen-bond acceptors (Lipinski definition) is 3. The summed E-state index contributed by atoms with van der Waals surface area (Å²) in [5.74, 6) is 0. The average Bonchev–Trinajstić information content (AvgIpc) is 2.19. The number of aliphatic hydroxyl groups is 2. The average molecular weight is 260 g/mol. The van der Waals surface area contributed by atoms with Crippen LogP contribution in [0.2, 0.25) is 0 Å². The molecular formula is C10H14BrNO2. The topological polar surface area (TPSA) is 43.7 Å². The molecule has 1 rings (SSSR count). The predicted octanol–water partition coefficient (Wildman–Crippen LogP) is 1.24. The summed E-state index contributed by atoms with van der Waals surface area (Å²) in [7, 11) is 0. The largest absolute Gasteiger partial charge is 0.395 e. The normalized spacial score (nSPS) is 10.2. The lowest BCUT2D eigenvalue weighted by Crippen LogP contribution is -2.29. The van der Waals surface area contributed by atoms with Gasteiger partial charge in [-0.05, 0) is 24.3 Å². The van der Waals surface area contributed by atoms with E-state index in [4.69, 9.17) is 10.2 Å². The van der Waals surface area contributed by atoms with Crippen molar-refractivity contribution < 1.29 is 10.2 Å². The monoisotopic (exact) mass is 259 g/mol. The van der Waals surface area contributed by atoms with E-state index in [2.05, 4.69) is 15.9 Å². The van der Waals surface area contributed by atoms with Gasteiger partial charge in [0.1, 0.15) is 0 Å². The lowest BCUT2D eigenvalue weighted by Gasteiger charge is -2.22. The summed E-state index contributed by atoms with van der Waals surface area (Å²) in [5, 5.41) is 17.7. The zero-order valence-corrected chi connectivity index (χ0v) is 9.44. The van der Waals surface area contributed by atoms with E-state index in [0.717, 1.165) is 10.2 Å². The van der Waals surface area contributed by atoms with E-state index in [9.17, 15) is 0 Å². The second-order valence-electron chi connectivity index (χ2n) is 2.91. The highest BCUT2D eigenvalue weighted by Crippen LogP contribution is 2.17. The first-order valence-electron chi connectivity index (χ1n) is 4.50. The Labute approximate surface area is 92.1 Å². The lowest BCUT2D eigenvalue weighted by molar-refractivity contribution is 0.281. The molecule has 0 amide bonds. The molecule has 1 aromatic rings. The summed E-state index contributed by atoms with van der Waals surface area (Å²) in [6.07, 6.45) is 0. The quantitative estimate of drug-likeness (QED) is 0.837. The molecule has 0 bridgehead atoms. The van der Waals surface area contributed by atoms with Crippen LogP contribution in [-0.2, 0) is 0 Å². The van der Waals surface area contributed by atoms with Crippen LogP contribution in [0.5, 0.6) is 0 Å². The Morgan fingerprint density at radius 3 is 1.93 bits per heavy atom. The van der Waals surface area contributed by atoms with E-state index in [1.807, 2.05) is 29.2 Å². The second kappa shape index (κ2) is 6.01. The van der Waals surface area contributed by atoms with Gasteiger partial charge in [-0.25, -0.2) is 0 Å². The molecule has 0 heterocycles. The van der Waals surface area contributed by atoms with Gasteiger partial charge in [0.25, 0.3) is 0 Å². The van der Waals surface area contributed by atoms with Crippen molar-refractivity contribution in [1.29, 1.82) is 0 Å². The molecule has 0 aliphatic carbocycles. The summed E-state index contributed by atoms with van der Waals surface area (Å²) in [5.41, 5.74) is 1.01. The van der Waals surface area contributed by atoms with Crippen molar-refractivity contribution in [2.75, 3.05) is 31.2 Å². The predicted molar refractivity (Wildman–Crippen MR) is 60.5 cm³/mol. The van der Waals surface area contributed by atoms with Crippen LogP contribution in [0.4, 0.5) is 5.69 Å². The Morgan fingerprint density at radius 2 is 1.50 bits per heavy atom. The van der Waals surface area contributed by atoms with Gasteiger partial charge in [0.15, 0.2) is 0 Å². The van der Waals surface area contributed by atoms with Gasteiger partial charge >= 0.3 is 0 Å². The molecule has 0 atom stereocenters. The molecule has 4 heteroatoms. The molecule has 78 valence electrons. The number of anilines is 1. The third-order valence-corrected chi connectivity index (χ3v) is 2.46. The third kappa shape index (κ3) is 3.29. The molecule has 0 aliphatic heterocycles. The van der Waals surface area contributed by atoms with Gasteiger partial charge in [-0.2, -0.15) is 0 Å². The van der Waals surface area contributed by atoms with Gasteiger partial charge in [-0.1, -0.05) is 15.9 Å². The van der Waals surface area contributed by atoms with Crippen molar-refractivity contribution in [2.45, 2.75) is 0 Å². The Kier molecular flexibility index (Phi) is 4.93. The highest BCUT2D eigenvalue weighted by Gasteiger charge is 2.03. The lowest BCUT2D eigenvalue weighted by atomic mass is 10.3. The molecule has 0 spiro atoms. The second-order valence-corrected chi connectivity index (χ2v) is 3.83. The Balaban J connectivity index is 2.71. The fraction of sp³-hybridized carbons (Fsp3) is 0.400. The fourth-order valence-electron chi connectivity index (χ4n) is 1.26. The Bertz CT molecular complexity index is 257. The number of benzene rings is 1. The number of rotatable bonds is 5. The smallest absolute Gasteiger partial charge is 0.0606 e. The van der Waals surface area contributed by atoms with Gasteiger partial charge in [-0.15, -0.1) is 0 Å². The molecule has 0 radical (unpaired) electrons. The Hall–Kier alpha value is -0.580. The van der Waals surface area contributed by atoms with Gasteiger partial charge in [-0.3, -0.25) is 0 Å². The van der Waals surface area contributed by atoms with E-state index in [1.54, 1.807) is 0 Å². The molecule has 0 aromatic heterocycles. The summed E-state index contributed by atoms with van der Waals surface area (Å²) in [6, 6.07) is 7.79. The maximum atomic E-state index is 8.85. The molecule has 2 N–H and O–H groups in total. The van der Waals surface area contributed by atoms with Crippen LogP contribution in [0.25, 0.3) is 0 Å². The molecular weight excluding hydrogens is 246 g/mol. The summed E-state index contributed by atoms with van der Waals surface area (Å²) < 4.78 is 1.02. The molecule has 0 saturated heterocycles. The standard InChI is InChI=1S/C10H14BrNO2/c11-9-1-3-10(4-2-9)12(5-7-13)6-8-14/h1-4,13-14H,5-8H2. The summed E-state index contributed by atoms with van der Waals surface area (Å²) in [4.78, 5) is 1.94. The van der Waals surface area contributed by atoms with Crippen molar-refractivity contribution in [3.05, 3.63) is 28.7 Å². The van der Waals surface area contributed by atoms with Crippen LogP contribution in [0.1, 0.15) is 0 Å². The zero-order valence-electron chi connectivity index (χ0n) is 7.86. The minimum atomic E-state index is 0.0933. The van der Waals surface area contributed by atoms with Crippen molar-refractivity contribution in [3.63, 3.8) is 0 Å². The first-order chi connectivity index (χ1) is 6.77. The zero-order chi connectivity index (χ0) is 10.4. The highest BCUT2D eigenvalue weighted by molar-refractivity contribution is 9.10. The molecule has 0 saturated carbocycles. The van der Waals surface area contributed by atoms with Crippen LogP contribution in [0, 0.1) is 0 Å². The molecule has 0 fully saturated rings. The molecule has 3 nitrogen and oxygen atoms in total. The number of halogens is 1. The fourth-order valence-corrected chi connectivity index (χ4v) is 1.53. The van der Waals surface area contributed by atoms with E-state index >= 15 is 0 Å². The highest BCUT2D eigenvalue weighted by atomic mass is 79.9. The van der Waals surface area contributed by atoms with E-state index in [0.29, 0.717) is 13.1 Å². The first kappa shape index (κ1) is 11.5. The SMILES string of the molecule is OCCN(CCO)c1ccc(Br)cc1. The summed E-state index contributed by atoms with van der Waals surface area (Å²) >= 11 is 3.36. The van der Waals surface area contributed by atoms with E-state index in [-0.39, 0.29) is 13.2 Å². The van der Waals surface area contributed by atoms with Crippen molar-refractivity contribution in [1.82, 2.24) is 0 Å². The van der Waals surface area contributed by atoms with Crippen molar-refractivity contribution >= 4 is 21.6 Å². The van der Waals surface area contributed by atoms with Crippen molar-refractivity contribution in [2.24, 2.45) is 0 Å². The maximum Gasteiger partial charge on any atom is 0.0606 e. The van der Waals surface area contributed by atoms with Crippen LogP contribution in [0.15, 0.2) is 28.7 Å². The van der Waals surface area contributed by atoms with Gasteiger partial charge in [0.05, 0.1) is 13.2 Å². The molecule has 0 aliphatic rings. The molecule has 1 aromatic carbocycles. The minimum Gasteiger partial charge on any atom is -0.395 e. The van der Waals surface area contributed by atoms with Crippen LogP contribution < -0.4 is 4.90 Å². The summed E-state index contributed by atoms with van der Waals surface area (Å²) in [6.45, 7) is 1.27. The van der Waals surface area contributed by atoms with Crippen LogP contribution >= 0.6 is 15.9 Å². The van der Waals surface area contributed by atoms with Gasteiger partial charge < -0.3 is 15.1 Å². The molecule has 0 unspecified atom stereocenters. The first-order valence-corrected chi connectivity index (χ1v) is 5.29. The van der Waals surface area contributed by atoms with E-state index in [1.165, 1.54) is 0 Å². The third-order valence-electron chi connectivity index (χ3n) is 1.93. The number of hydrogen-bond donors (Lipinski definition) is 2. The number of nitrogens with zero attached hydrogens (tertiary/aromatic N) is 1. The molecule has 14 heavy (non-hydrogen) atoms. The minimum absolute atomic E-state index is 0.0933. The van der Waals surface area contributed by atoms with Crippen molar-refractivity contribution in [3.8, 4) is 0 Å². The van der Waals surface area contributed by atoms with E-state index < -0.39 is 0 Å². The van der Waals surface area contributed by atoms with Crippen LogP contribution in [0.3, 0.4) is 0 Å². The van der Waals surface area contributed by atoms with Gasteiger partial charge in [0.2, 0.25) is 0 Å². The number of aliphatic hydroxyl groups excluding tert-OH is 2. The van der Waals surface area contributed by atoms with Crippen LogP contribution in [-0.4, -0.2) is 36.5 Å².